The average molecular weight is 402 g/mol. The maximum atomic E-state index is 12.1. The van der Waals surface area contributed by atoms with E-state index in [0.717, 1.165) is 5.56 Å². The summed E-state index contributed by atoms with van der Waals surface area (Å²) in [5.41, 5.74) is 1.42. The molecule has 0 bridgehead atoms. The van der Waals surface area contributed by atoms with Crippen LogP contribution < -0.4 is 15.2 Å². The number of carboxylic acids is 1. The molecular formula is C19H14ClN2O4S-. The van der Waals surface area contributed by atoms with Crippen LogP contribution >= 0.6 is 23.4 Å². The molecule has 0 radical (unpaired) electrons. The van der Waals surface area contributed by atoms with Gasteiger partial charge in [0.2, 0.25) is 0 Å². The summed E-state index contributed by atoms with van der Waals surface area (Å²) in [5.74, 6) is -1.13. The first-order valence-electron chi connectivity index (χ1n) is 7.93. The maximum Gasteiger partial charge on any atom is 0.264 e. The van der Waals surface area contributed by atoms with Gasteiger partial charge in [-0.3, -0.25) is 4.79 Å². The van der Waals surface area contributed by atoms with Crippen molar-refractivity contribution in [2.24, 2.45) is 4.99 Å². The maximum absolute atomic E-state index is 12.1. The molecule has 6 nitrogen and oxygen atoms in total. The summed E-state index contributed by atoms with van der Waals surface area (Å²) in [5, 5.41) is 14.4. The minimum atomic E-state index is -1.29. The van der Waals surface area contributed by atoms with Crippen LogP contribution in [0.1, 0.15) is 12.5 Å². The predicted molar refractivity (Wildman–Crippen MR) is 104 cm³/mol. The number of rotatable bonds is 5. The summed E-state index contributed by atoms with van der Waals surface area (Å²) < 4.78 is 5.22. The lowest BCUT2D eigenvalue weighted by molar-refractivity contribution is -0.312. The predicted octanol–water partition coefficient (Wildman–Crippen LogP) is 2.75. The van der Waals surface area contributed by atoms with Crippen molar-refractivity contribution in [1.29, 1.82) is 0 Å². The quantitative estimate of drug-likeness (QED) is 0.778. The molecule has 1 saturated heterocycles. The van der Waals surface area contributed by atoms with E-state index < -0.39 is 12.1 Å². The van der Waals surface area contributed by atoms with Gasteiger partial charge >= 0.3 is 0 Å². The number of ether oxygens (including phenoxy) is 1. The molecule has 0 unspecified atom stereocenters. The third-order valence-electron chi connectivity index (χ3n) is 3.51. The first-order valence-corrected chi connectivity index (χ1v) is 9.13. The Morgan fingerprint density at radius 2 is 2.04 bits per heavy atom. The van der Waals surface area contributed by atoms with Gasteiger partial charge in [0.15, 0.2) is 5.17 Å². The lowest BCUT2D eigenvalue weighted by atomic mass is 10.2. The van der Waals surface area contributed by atoms with Crippen molar-refractivity contribution in [2.75, 3.05) is 0 Å². The van der Waals surface area contributed by atoms with E-state index in [0.29, 0.717) is 26.5 Å². The number of hydrogen-bond acceptors (Lipinski definition) is 6. The smallest absolute Gasteiger partial charge is 0.264 e. The molecule has 1 heterocycles. The molecule has 1 fully saturated rings. The zero-order valence-electron chi connectivity index (χ0n) is 14.1. The largest absolute Gasteiger partial charge is 0.546 e. The topological polar surface area (TPSA) is 90.8 Å². The molecule has 2 aromatic carbocycles. The molecule has 0 spiro atoms. The summed E-state index contributed by atoms with van der Waals surface area (Å²) in [7, 11) is 0. The Kier molecular flexibility index (Phi) is 5.83. The molecule has 0 aliphatic carbocycles. The van der Waals surface area contributed by atoms with Crippen LogP contribution in [0.5, 0.6) is 5.75 Å². The van der Waals surface area contributed by atoms with Crippen molar-refractivity contribution in [3.05, 3.63) is 64.0 Å². The van der Waals surface area contributed by atoms with Gasteiger partial charge in [0, 0.05) is 5.02 Å². The van der Waals surface area contributed by atoms with E-state index in [1.165, 1.54) is 18.7 Å². The van der Waals surface area contributed by atoms with E-state index in [-0.39, 0.29) is 5.91 Å². The van der Waals surface area contributed by atoms with Gasteiger partial charge in [-0.2, -0.15) is 0 Å². The van der Waals surface area contributed by atoms with Gasteiger partial charge < -0.3 is 20.0 Å². The second kappa shape index (κ2) is 8.28. The zero-order chi connectivity index (χ0) is 19.4. The Balaban J connectivity index is 1.72. The van der Waals surface area contributed by atoms with Crippen molar-refractivity contribution in [3.63, 3.8) is 0 Å². The molecule has 27 heavy (non-hydrogen) atoms. The number of halogens is 1. The molecule has 8 heteroatoms. The fourth-order valence-corrected chi connectivity index (χ4v) is 3.22. The molecule has 1 N–H and O–H groups in total. The van der Waals surface area contributed by atoms with Gasteiger partial charge in [0.1, 0.15) is 11.9 Å². The third kappa shape index (κ3) is 5.12. The number of aliphatic imine (C=N–C) groups is 1. The van der Waals surface area contributed by atoms with E-state index in [4.69, 9.17) is 16.3 Å². The molecule has 1 aliphatic rings. The van der Waals surface area contributed by atoms with Crippen molar-refractivity contribution >= 4 is 52.2 Å². The van der Waals surface area contributed by atoms with Gasteiger partial charge in [-0.05, 0) is 60.7 Å². The summed E-state index contributed by atoms with van der Waals surface area (Å²) in [6.07, 6.45) is 0.669. The number of carbonyl (C=O) groups excluding carboxylic acids is 2. The van der Waals surface area contributed by atoms with Crippen molar-refractivity contribution in [2.45, 2.75) is 13.0 Å². The van der Waals surface area contributed by atoms with E-state index >= 15 is 0 Å². The second-order valence-electron chi connectivity index (χ2n) is 5.61. The zero-order valence-corrected chi connectivity index (χ0v) is 15.7. The lowest BCUT2D eigenvalue weighted by Crippen LogP contribution is -2.37. The SMILES string of the molecule is C[C@@H](Oc1ccc(/C=C2/SC(=Nc3cccc(Cl)c3)NC2=O)cc1)C(=O)[O-]. The monoisotopic (exact) mass is 401 g/mol. The van der Waals surface area contributed by atoms with Crippen molar-refractivity contribution in [3.8, 4) is 5.75 Å². The molecule has 2 aromatic rings. The van der Waals surface area contributed by atoms with E-state index in [9.17, 15) is 14.7 Å². The van der Waals surface area contributed by atoms with Crippen LogP contribution in [-0.2, 0) is 9.59 Å². The number of nitrogens with one attached hydrogen (secondary N) is 1. The van der Waals surface area contributed by atoms with E-state index in [1.54, 1.807) is 54.6 Å². The Hall–Kier alpha value is -2.77. The summed E-state index contributed by atoms with van der Waals surface area (Å²) in [6, 6.07) is 13.7. The fraction of sp³-hybridized carbons (Fsp3) is 0.105. The summed E-state index contributed by atoms with van der Waals surface area (Å²) in [4.78, 5) is 27.7. The van der Waals surface area contributed by atoms with Gasteiger partial charge in [-0.25, -0.2) is 4.99 Å². The number of benzene rings is 2. The Morgan fingerprint density at radius 1 is 1.30 bits per heavy atom. The molecule has 3 rings (SSSR count). The normalized spacial score (nSPS) is 17.8. The number of carbonyl (C=O) groups is 2. The van der Waals surface area contributed by atoms with Gasteiger partial charge in [-0.15, -0.1) is 0 Å². The molecule has 1 amide bonds. The van der Waals surface area contributed by atoms with Crippen molar-refractivity contribution < 1.29 is 19.4 Å². The number of aliphatic carboxylic acids is 1. The average Bonchev–Trinajstić information content (AvgIpc) is 2.95. The van der Waals surface area contributed by atoms with Crippen LogP contribution in [-0.4, -0.2) is 23.1 Å². The van der Waals surface area contributed by atoms with Crippen LogP contribution in [0.2, 0.25) is 5.02 Å². The van der Waals surface area contributed by atoms with Crippen LogP contribution in [0.25, 0.3) is 6.08 Å². The number of nitrogens with zero attached hydrogens (tertiary/aromatic N) is 1. The number of amidine groups is 1. The van der Waals surface area contributed by atoms with E-state index in [1.807, 2.05) is 0 Å². The highest BCUT2D eigenvalue weighted by atomic mass is 35.5. The van der Waals surface area contributed by atoms with Crippen molar-refractivity contribution in [1.82, 2.24) is 5.32 Å². The van der Waals surface area contributed by atoms with E-state index in [2.05, 4.69) is 10.3 Å². The first kappa shape index (κ1) is 19.0. The molecular weight excluding hydrogens is 388 g/mol. The standard InChI is InChI=1S/C19H15ClN2O4S/c1-11(18(24)25)26-15-7-5-12(6-8-15)9-16-17(23)22-19(27-16)21-14-4-2-3-13(20)10-14/h2-11H,1H3,(H,24,25)(H,21,22,23)/p-1/b16-9+/t11-/m1/s1. The third-order valence-corrected chi connectivity index (χ3v) is 4.66. The molecule has 0 saturated carbocycles. The summed E-state index contributed by atoms with van der Waals surface area (Å²) in [6.45, 7) is 1.39. The Bertz CT molecular complexity index is 941. The summed E-state index contributed by atoms with van der Waals surface area (Å²) >= 11 is 7.16. The minimum Gasteiger partial charge on any atom is -0.546 e. The number of amides is 1. The highest BCUT2D eigenvalue weighted by Gasteiger charge is 2.23. The fourth-order valence-electron chi connectivity index (χ4n) is 2.19. The van der Waals surface area contributed by atoms with Gasteiger partial charge in [0.05, 0.1) is 16.6 Å². The Morgan fingerprint density at radius 3 is 2.70 bits per heavy atom. The van der Waals surface area contributed by atoms with Gasteiger partial charge in [0.25, 0.3) is 5.91 Å². The van der Waals surface area contributed by atoms with Gasteiger partial charge in [-0.1, -0.05) is 29.8 Å². The molecule has 0 aromatic heterocycles. The number of thioether (sulfide) groups is 1. The minimum absolute atomic E-state index is 0.244. The van der Waals surface area contributed by atoms with Crippen LogP contribution in [0.15, 0.2) is 58.4 Å². The van der Waals surface area contributed by atoms with Crippen LogP contribution in [0.3, 0.4) is 0 Å². The van der Waals surface area contributed by atoms with Crippen LogP contribution in [0.4, 0.5) is 5.69 Å². The molecule has 138 valence electrons. The second-order valence-corrected chi connectivity index (χ2v) is 7.08. The van der Waals surface area contributed by atoms with Crippen LogP contribution in [0, 0.1) is 0 Å². The first-order chi connectivity index (χ1) is 12.9. The molecule has 1 aliphatic heterocycles. The number of hydrogen-bond donors (Lipinski definition) is 1. The Labute approximate surface area is 164 Å². The molecule has 1 atom stereocenters. The highest BCUT2D eigenvalue weighted by molar-refractivity contribution is 8.18. The highest BCUT2D eigenvalue weighted by Crippen LogP contribution is 2.29. The lowest BCUT2D eigenvalue weighted by Gasteiger charge is -2.15. The number of carboxylic acid groups (broad SMARTS) is 1.